The van der Waals surface area contributed by atoms with Crippen LogP contribution in [0.1, 0.15) is 91.0 Å². The molecule has 2 amide bonds. The number of carbonyl (C=O) groups excluding carboxylic acids is 2. The minimum absolute atomic E-state index is 0.0546. The first-order valence-corrected chi connectivity index (χ1v) is 17.9. The Morgan fingerprint density at radius 3 is 2.27 bits per heavy atom. The second-order valence-electron chi connectivity index (χ2n) is 15.2. The lowest BCUT2D eigenvalue weighted by atomic mass is 9.73. The van der Waals surface area contributed by atoms with Crippen molar-refractivity contribution in [2.75, 3.05) is 49.5 Å². The Morgan fingerprint density at radius 1 is 1.00 bits per heavy atom. The van der Waals surface area contributed by atoms with Crippen molar-refractivity contribution in [3.05, 3.63) is 11.8 Å². The summed E-state index contributed by atoms with van der Waals surface area (Å²) in [6.07, 6.45) is 9.51. The summed E-state index contributed by atoms with van der Waals surface area (Å²) in [4.78, 5) is 39.2. The summed E-state index contributed by atoms with van der Waals surface area (Å²) in [5.74, 6) is 1.98. The number of fused-ring (bicyclic) bond motifs is 2. The highest BCUT2D eigenvalue weighted by atomic mass is 32.2. The van der Waals surface area contributed by atoms with E-state index in [2.05, 4.69) is 17.2 Å². The van der Waals surface area contributed by atoms with E-state index in [4.69, 9.17) is 9.72 Å². The molecule has 1 N–H and O–H groups in total. The molecule has 2 unspecified atom stereocenters. The Hall–Kier alpha value is -2.51. The van der Waals surface area contributed by atoms with E-state index in [1.54, 1.807) is 13.5 Å². The normalized spacial score (nSPS) is 28.8. The molecule has 4 aliphatic heterocycles. The molecule has 1 aromatic heterocycles. The Bertz CT molecular complexity index is 1420. The van der Waals surface area contributed by atoms with Gasteiger partial charge in [0.2, 0.25) is 11.9 Å². The Kier molecular flexibility index (Phi) is 7.21. The van der Waals surface area contributed by atoms with Gasteiger partial charge < -0.3 is 15.0 Å². The molecule has 44 heavy (non-hydrogen) atoms. The van der Waals surface area contributed by atoms with E-state index in [1.807, 2.05) is 31.9 Å². The predicted molar refractivity (Wildman–Crippen MR) is 165 cm³/mol. The molecule has 3 saturated heterocycles. The fraction of sp³-hybridized carbons (Fsp3) is 0.806. The second kappa shape index (κ2) is 10.5. The summed E-state index contributed by atoms with van der Waals surface area (Å²) < 4.78 is 35.7. The summed E-state index contributed by atoms with van der Waals surface area (Å²) in [7, 11) is -3.53. The molecule has 12 nitrogen and oxygen atoms in total. The third kappa shape index (κ3) is 5.16. The van der Waals surface area contributed by atoms with Gasteiger partial charge >= 0.3 is 6.09 Å². The maximum Gasteiger partial charge on any atom is 0.410 e. The number of hydrogen-bond donors (Lipinski definition) is 1. The van der Waals surface area contributed by atoms with Gasteiger partial charge in [-0.3, -0.25) is 9.69 Å². The summed E-state index contributed by atoms with van der Waals surface area (Å²) >= 11 is 0. The van der Waals surface area contributed by atoms with Crippen LogP contribution >= 0.6 is 0 Å². The molecule has 0 radical (unpaired) electrons. The van der Waals surface area contributed by atoms with Crippen LogP contribution in [0.4, 0.5) is 16.6 Å². The third-order valence-electron chi connectivity index (χ3n) is 11.0. The van der Waals surface area contributed by atoms with Crippen LogP contribution in [0.5, 0.6) is 0 Å². The molecule has 2 atom stereocenters. The van der Waals surface area contributed by atoms with E-state index in [0.29, 0.717) is 64.0 Å². The first-order valence-electron chi connectivity index (χ1n) is 16.5. The molecule has 13 heteroatoms. The van der Waals surface area contributed by atoms with Crippen molar-refractivity contribution in [3.63, 3.8) is 0 Å². The van der Waals surface area contributed by atoms with Gasteiger partial charge in [-0.2, -0.15) is 22.0 Å². The zero-order valence-electron chi connectivity index (χ0n) is 26.5. The number of piperidine rings is 2. The molecule has 7 rings (SSSR count). The highest BCUT2D eigenvalue weighted by Gasteiger charge is 2.62. The molecule has 0 aromatic carbocycles. The maximum atomic E-state index is 13.5. The van der Waals surface area contributed by atoms with E-state index in [9.17, 15) is 18.0 Å². The van der Waals surface area contributed by atoms with Crippen LogP contribution in [0.3, 0.4) is 0 Å². The van der Waals surface area contributed by atoms with E-state index >= 15 is 0 Å². The molecule has 1 aromatic rings. The fourth-order valence-electron chi connectivity index (χ4n) is 8.08. The summed E-state index contributed by atoms with van der Waals surface area (Å²) in [5, 5.41) is 3.46. The zero-order valence-corrected chi connectivity index (χ0v) is 27.4. The van der Waals surface area contributed by atoms with Gasteiger partial charge in [-0.1, -0.05) is 13.3 Å². The van der Waals surface area contributed by atoms with Crippen molar-refractivity contribution in [3.8, 4) is 0 Å². The van der Waals surface area contributed by atoms with Crippen molar-refractivity contribution in [1.82, 2.24) is 23.5 Å². The molecule has 5 heterocycles. The second-order valence-corrected chi connectivity index (χ2v) is 17.2. The fourth-order valence-corrected chi connectivity index (χ4v) is 9.95. The van der Waals surface area contributed by atoms with Gasteiger partial charge in [-0.25, -0.2) is 9.78 Å². The minimum atomic E-state index is -3.53. The lowest BCUT2D eigenvalue weighted by Gasteiger charge is -2.54. The monoisotopic (exact) mass is 629 g/mol. The smallest absolute Gasteiger partial charge is 0.410 e. The Labute approximate surface area is 261 Å². The van der Waals surface area contributed by atoms with Crippen LogP contribution in [-0.4, -0.2) is 101 Å². The molecular weight excluding hydrogens is 582 g/mol. The number of likely N-dealkylation sites (tertiary alicyclic amines) is 1. The average Bonchev–Trinajstić information content (AvgIpc) is 3.60. The van der Waals surface area contributed by atoms with E-state index < -0.39 is 21.2 Å². The predicted octanol–water partition coefficient (Wildman–Crippen LogP) is 3.50. The van der Waals surface area contributed by atoms with E-state index in [1.165, 1.54) is 0 Å². The topological polar surface area (TPSA) is 128 Å². The van der Waals surface area contributed by atoms with Crippen LogP contribution in [0.15, 0.2) is 6.20 Å². The van der Waals surface area contributed by atoms with Gasteiger partial charge in [-0.05, 0) is 78.1 Å². The van der Waals surface area contributed by atoms with Crippen molar-refractivity contribution in [2.45, 2.75) is 109 Å². The number of aromatic nitrogens is 2. The number of nitrogens with zero attached hydrogens (tertiary/aromatic N) is 6. The van der Waals surface area contributed by atoms with Crippen molar-refractivity contribution in [2.24, 2.45) is 11.3 Å². The minimum Gasteiger partial charge on any atom is -0.444 e. The van der Waals surface area contributed by atoms with Gasteiger partial charge in [0.25, 0.3) is 10.2 Å². The van der Waals surface area contributed by atoms with Gasteiger partial charge in [0, 0.05) is 68.5 Å². The number of ether oxygens (including phenoxy) is 1. The third-order valence-corrected chi connectivity index (χ3v) is 12.9. The highest BCUT2D eigenvalue weighted by Crippen LogP contribution is 2.58. The quantitative estimate of drug-likeness (QED) is 0.524. The number of hydrogen-bond acceptors (Lipinski definition) is 8. The molecule has 6 aliphatic rings. The molecule has 0 bridgehead atoms. The van der Waals surface area contributed by atoms with Crippen LogP contribution in [0.25, 0.3) is 0 Å². The molecule has 2 aliphatic carbocycles. The van der Waals surface area contributed by atoms with E-state index in [0.717, 1.165) is 56.3 Å². The lowest BCUT2D eigenvalue weighted by molar-refractivity contribution is -0.120. The number of amides is 2. The standard InChI is InChI=1S/C31H47N7O5S/c1-21-6-5-7-24(21)38-25-23(31(10-11-31)26(38)39)18-32-27(34-25)33-22-8-14-36(15-9-22)44(41,42)37-19-30(20-37)12-16-35(17-13-30)28(40)43-29(2,3)4/h18,21-22,24H,5-17,19-20H2,1-4H3,(H,32,33,34). The van der Waals surface area contributed by atoms with Crippen molar-refractivity contribution < 1.29 is 22.7 Å². The largest absolute Gasteiger partial charge is 0.444 e. The number of anilines is 2. The van der Waals surface area contributed by atoms with Crippen molar-refractivity contribution >= 4 is 34.0 Å². The number of nitrogens with one attached hydrogen (secondary N) is 1. The molecular formula is C31H47N7O5S. The van der Waals surface area contributed by atoms with Crippen LogP contribution < -0.4 is 10.2 Å². The van der Waals surface area contributed by atoms with Gasteiger partial charge in [0.15, 0.2) is 0 Å². The summed E-state index contributed by atoms with van der Waals surface area (Å²) in [5.41, 5.74) is -0.00280. The first kappa shape index (κ1) is 30.2. The van der Waals surface area contributed by atoms with Gasteiger partial charge in [0.05, 0.1) is 5.41 Å². The molecule has 5 fully saturated rings. The van der Waals surface area contributed by atoms with Crippen LogP contribution in [-0.2, 0) is 25.2 Å². The number of rotatable bonds is 5. The number of carbonyl (C=O) groups is 2. The van der Waals surface area contributed by atoms with Gasteiger partial charge in [0.1, 0.15) is 11.4 Å². The zero-order chi connectivity index (χ0) is 31.1. The van der Waals surface area contributed by atoms with E-state index in [-0.39, 0.29) is 29.5 Å². The van der Waals surface area contributed by atoms with Crippen molar-refractivity contribution in [1.29, 1.82) is 0 Å². The van der Waals surface area contributed by atoms with Crippen LogP contribution in [0, 0.1) is 11.3 Å². The summed E-state index contributed by atoms with van der Waals surface area (Å²) in [6.45, 7) is 10.9. The van der Waals surface area contributed by atoms with Crippen LogP contribution in [0.2, 0.25) is 0 Å². The lowest BCUT2D eigenvalue weighted by Crippen LogP contribution is -2.65. The molecule has 2 saturated carbocycles. The highest BCUT2D eigenvalue weighted by molar-refractivity contribution is 7.86. The molecule has 242 valence electrons. The Balaban J connectivity index is 0.927. The maximum absolute atomic E-state index is 13.5. The first-order chi connectivity index (χ1) is 20.8. The average molecular weight is 630 g/mol. The molecule has 2 spiro atoms. The SMILES string of the molecule is CC1CCCC1N1C(=O)C2(CC2)c2cnc(NC3CCN(S(=O)(=O)N4CC5(CCN(C(=O)OC(C)(C)C)CC5)C4)CC3)nc21. The van der Waals surface area contributed by atoms with Gasteiger partial charge in [-0.15, -0.1) is 0 Å². The summed E-state index contributed by atoms with van der Waals surface area (Å²) in [6, 6.07) is 0.265. The Morgan fingerprint density at radius 2 is 1.68 bits per heavy atom.